The first kappa shape index (κ1) is 14.3. The molecule has 1 atom stereocenters. The summed E-state index contributed by atoms with van der Waals surface area (Å²) < 4.78 is 6.35. The summed E-state index contributed by atoms with van der Waals surface area (Å²) in [6.07, 6.45) is 1.69. The number of ether oxygens (including phenoxy) is 1. The average Bonchev–Trinajstić information content (AvgIpc) is 2.30. The van der Waals surface area contributed by atoms with Crippen LogP contribution in [0.1, 0.15) is 26.7 Å². The molecule has 0 saturated carbocycles. The van der Waals surface area contributed by atoms with E-state index in [1.807, 2.05) is 13.8 Å². The van der Waals surface area contributed by atoms with Gasteiger partial charge in [-0.3, -0.25) is 10.1 Å². The van der Waals surface area contributed by atoms with Gasteiger partial charge in [-0.05, 0) is 38.8 Å². The number of nitro groups is 1. The van der Waals surface area contributed by atoms with Crippen LogP contribution in [0.2, 0.25) is 0 Å². The van der Waals surface area contributed by atoms with E-state index in [4.69, 9.17) is 4.74 Å². The third-order valence-electron chi connectivity index (χ3n) is 3.21. The van der Waals surface area contributed by atoms with Crippen molar-refractivity contribution in [3.05, 3.63) is 32.8 Å². The Balaban J connectivity index is 2.17. The molecule has 1 aromatic rings. The molecule has 0 spiro atoms. The number of nitro benzene ring substituents is 1. The Hall–Kier alpha value is -1.14. The lowest BCUT2D eigenvalue weighted by Crippen LogP contribution is -2.40. The number of rotatable bonds is 3. The monoisotopic (exact) mass is 328 g/mol. The minimum atomic E-state index is -0.364. The van der Waals surface area contributed by atoms with E-state index < -0.39 is 0 Å². The van der Waals surface area contributed by atoms with E-state index in [2.05, 4.69) is 21.2 Å². The third kappa shape index (κ3) is 3.67. The lowest BCUT2D eigenvalue weighted by atomic mass is 9.94. The molecule has 0 bridgehead atoms. The van der Waals surface area contributed by atoms with E-state index in [1.54, 1.807) is 12.1 Å². The maximum Gasteiger partial charge on any atom is 0.293 e. The molecule has 1 heterocycles. The first-order valence-electron chi connectivity index (χ1n) is 6.22. The molecule has 0 aromatic heterocycles. The van der Waals surface area contributed by atoms with Gasteiger partial charge in [-0.1, -0.05) is 15.9 Å². The molecular formula is C13H17BrN2O3. The summed E-state index contributed by atoms with van der Waals surface area (Å²) in [6.45, 7) is 4.75. The van der Waals surface area contributed by atoms with Crippen molar-refractivity contribution < 1.29 is 9.66 Å². The second kappa shape index (κ2) is 5.46. The fourth-order valence-corrected chi connectivity index (χ4v) is 2.70. The average molecular weight is 329 g/mol. The SMILES string of the molecule is CC1(C)CC(Nc2ccc(Br)cc2[N+](=O)[O-])CCO1. The molecule has 2 rings (SSSR count). The molecule has 0 amide bonds. The summed E-state index contributed by atoms with van der Waals surface area (Å²) in [5.41, 5.74) is 0.481. The van der Waals surface area contributed by atoms with Crippen molar-refractivity contribution in [2.75, 3.05) is 11.9 Å². The third-order valence-corrected chi connectivity index (χ3v) is 3.71. The van der Waals surface area contributed by atoms with Crippen molar-refractivity contribution in [3.8, 4) is 0 Å². The predicted molar refractivity (Wildman–Crippen MR) is 77.5 cm³/mol. The van der Waals surface area contributed by atoms with Gasteiger partial charge < -0.3 is 10.1 Å². The maximum atomic E-state index is 11.1. The highest BCUT2D eigenvalue weighted by molar-refractivity contribution is 9.10. The van der Waals surface area contributed by atoms with Gasteiger partial charge in [-0.15, -0.1) is 0 Å². The molecule has 1 saturated heterocycles. The molecule has 1 fully saturated rings. The molecule has 1 aromatic carbocycles. The normalized spacial score (nSPS) is 21.9. The Morgan fingerprint density at radius 2 is 2.26 bits per heavy atom. The van der Waals surface area contributed by atoms with Crippen molar-refractivity contribution >= 4 is 27.3 Å². The van der Waals surface area contributed by atoms with E-state index in [1.165, 1.54) is 6.07 Å². The summed E-state index contributed by atoms with van der Waals surface area (Å²) in [7, 11) is 0. The van der Waals surface area contributed by atoms with E-state index in [0.717, 1.165) is 12.8 Å². The van der Waals surface area contributed by atoms with Gasteiger partial charge in [0.05, 0.1) is 10.5 Å². The van der Waals surface area contributed by atoms with Crippen LogP contribution in [0.4, 0.5) is 11.4 Å². The molecule has 5 nitrogen and oxygen atoms in total. The van der Waals surface area contributed by atoms with Gasteiger partial charge >= 0.3 is 0 Å². The summed E-state index contributed by atoms with van der Waals surface area (Å²) in [4.78, 5) is 10.7. The number of nitrogens with one attached hydrogen (secondary N) is 1. The predicted octanol–water partition coefficient (Wildman–Crippen LogP) is 3.73. The molecule has 19 heavy (non-hydrogen) atoms. The fourth-order valence-electron chi connectivity index (χ4n) is 2.35. The maximum absolute atomic E-state index is 11.1. The zero-order valence-electron chi connectivity index (χ0n) is 11.0. The van der Waals surface area contributed by atoms with E-state index >= 15 is 0 Å². The van der Waals surface area contributed by atoms with Gasteiger partial charge in [0.1, 0.15) is 5.69 Å². The standard InChI is InChI=1S/C13H17BrN2O3/c1-13(2)8-10(5-6-19-13)15-11-4-3-9(14)7-12(11)16(17)18/h3-4,7,10,15H,5-6,8H2,1-2H3. The molecule has 6 heteroatoms. The van der Waals surface area contributed by atoms with Crippen LogP contribution in [0, 0.1) is 10.1 Å². The first-order valence-corrected chi connectivity index (χ1v) is 7.01. The van der Waals surface area contributed by atoms with Gasteiger partial charge in [0.2, 0.25) is 0 Å². The molecule has 1 N–H and O–H groups in total. The second-order valence-corrected chi connectivity index (χ2v) is 6.28. The van der Waals surface area contributed by atoms with Crippen LogP contribution in [0.5, 0.6) is 0 Å². The number of halogens is 1. The van der Waals surface area contributed by atoms with Crippen LogP contribution < -0.4 is 5.32 Å². The molecule has 1 aliphatic rings. The number of anilines is 1. The van der Waals surface area contributed by atoms with Gasteiger partial charge in [0.25, 0.3) is 5.69 Å². The number of hydrogen-bond donors (Lipinski definition) is 1. The Labute approximate surface area is 120 Å². The molecule has 0 aliphatic carbocycles. The summed E-state index contributed by atoms with van der Waals surface area (Å²) in [5, 5.41) is 14.3. The molecular weight excluding hydrogens is 312 g/mol. The highest BCUT2D eigenvalue weighted by atomic mass is 79.9. The minimum Gasteiger partial charge on any atom is -0.377 e. The van der Waals surface area contributed by atoms with Crippen molar-refractivity contribution in [1.29, 1.82) is 0 Å². The topological polar surface area (TPSA) is 64.4 Å². The Kier molecular flexibility index (Phi) is 4.10. The minimum absolute atomic E-state index is 0.0960. The van der Waals surface area contributed by atoms with Gasteiger partial charge in [-0.25, -0.2) is 0 Å². The summed E-state index contributed by atoms with van der Waals surface area (Å²) >= 11 is 3.26. The van der Waals surface area contributed by atoms with Crippen molar-refractivity contribution in [2.24, 2.45) is 0 Å². The largest absolute Gasteiger partial charge is 0.377 e. The van der Waals surface area contributed by atoms with Crippen molar-refractivity contribution in [3.63, 3.8) is 0 Å². The summed E-state index contributed by atoms with van der Waals surface area (Å²) in [6, 6.07) is 5.26. The Morgan fingerprint density at radius 1 is 1.53 bits per heavy atom. The quantitative estimate of drug-likeness (QED) is 0.678. The number of nitrogens with zero attached hydrogens (tertiary/aromatic N) is 1. The van der Waals surface area contributed by atoms with E-state index in [-0.39, 0.29) is 22.3 Å². The second-order valence-electron chi connectivity index (χ2n) is 5.36. The van der Waals surface area contributed by atoms with Crippen LogP contribution in [-0.2, 0) is 4.74 Å². The number of hydrogen-bond acceptors (Lipinski definition) is 4. The summed E-state index contributed by atoms with van der Waals surface area (Å²) in [5.74, 6) is 0. The van der Waals surface area contributed by atoms with Crippen molar-refractivity contribution in [1.82, 2.24) is 0 Å². The van der Waals surface area contributed by atoms with Gasteiger partial charge in [0, 0.05) is 23.2 Å². The smallest absolute Gasteiger partial charge is 0.293 e. The van der Waals surface area contributed by atoms with Crippen LogP contribution >= 0.6 is 15.9 Å². The van der Waals surface area contributed by atoms with E-state index in [0.29, 0.717) is 16.8 Å². The van der Waals surface area contributed by atoms with Gasteiger partial charge in [0.15, 0.2) is 0 Å². The fraction of sp³-hybridized carbons (Fsp3) is 0.538. The molecule has 1 aliphatic heterocycles. The van der Waals surface area contributed by atoms with Crippen LogP contribution in [0.25, 0.3) is 0 Å². The zero-order valence-corrected chi connectivity index (χ0v) is 12.6. The van der Waals surface area contributed by atoms with Gasteiger partial charge in [-0.2, -0.15) is 0 Å². The van der Waals surface area contributed by atoms with E-state index in [9.17, 15) is 10.1 Å². The molecule has 1 unspecified atom stereocenters. The van der Waals surface area contributed by atoms with Crippen LogP contribution in [0.15, 0.2) is 22.7 Å². The lowest BCUT2D eigenvalue weighted by molar-refractivity contribution is -0.384. The van der Waals surface area contributed by atoms with Crippen molar-refractivity contribution in [2.45, 2.75) is 38.3 Å². The van der Waals surface area contributed by atoms with Crippen LogP contribution in [0.3, 0.4) is 0 Å². The lowest BCUT2D eigenvalue weighted by Gasteiger charge is -2.36. The highest BCUT2D eigenvalue weighted by Gasteiger charge is 2.29. The molecule has 0 radical (unpaired) electrons. The molecule has 104 valence electrons. The van der Waals surface area contributed by atoms with Crippen LogP contribution in [-0.4, -0.2) is 23.2 Å². The Morgan fingerprint density at radius 3 is 2.89 bits per heavy atom. The highest BCUT2D eigenvalue weighted by Crippen LogP contribution is 2.32. The Bertz CT molecular complexity index is 491. The number of benzene rings is 1. The zero-order chi connectivity index (χ0) is 14.0. The first-order chi connectivity index (χ1) is 8.87.